The van der Waals surface area contributed by atoms with Crippen LogP contribution >= 0.6 is 0 Å². The van der Waals surface area contributed by atoms with Gasteiger partial charge in [0.1, 0.15) is 6.61 Å². The summed E-state index contributed by atoms with van der Waals surface area (Å²) in [6, 6.07) is 18.3. The number of rotatable bonds is 13. The molecule has 1 aliphatic heterocycles. The monoisotopic (exact) mass is 624 g/mol. The zero-order valence-electron chi connectivity index (χ0n) is 26.8. The summed E-state index contributed by atoms with van der Waals surface area (Å²) >= 11 is 0. The van der Waals surface area contributed by atoms with Gasteiger partial charge in [0, 0.05) is 49.0 Å². The molecule has 2 heterocycles. The van der Waals surface area contributed by atoms with Gasteiger partial charge in [-0.15, -0.1) is 0 Å². The second kappa shape index (κ2) is 15.8. The molecule has 0 bridgehead atoms. The second-order valence-corrected chi connectivity index (χ2v) is 11.5. The molecule has 1 aliphatic rings. The van der Waals surface area contributed by atoms with Crippen molar-refractivity contribution in [1.29, 1.82) is 0 Å². The predicted molar refractivity (Wildman–Crippen MR) is 177 cm³/mol. The summed E-state index contributed by atoms with van der Waals surface area (Å²) in [5.74, 6) is -2.14. The lowest BCUT2D eigenvalue weighted by Crippen LogP contribution is -2.33. The minimum atomic E-state index is -0.909. The fourth-order valence-electron chi connectivity index (χ4n) is 5.35. The number of nitro benzene ring substituents is 1. The Bertz CT molecular complexity index is 1660. The fraction of sp³-hybridized carbons (Fsp3) is 0.306. The van der Waals surface area contributed by atoms with Crippen LogP contribution in [0.1, 0.15) is 62.8 Å². The van der Waals surface area contributed by atoms with E-state index < -0.39 is 28.9 Å². The van der Waals surface area contributed by atoms with Crippen molar-refractivity contribution in [3.63, 3.8) is 0 Å². The molecule has 0 saturated heterocycles. The number of dihydropyridines is 1. The maximum Gasteiger partial charge on any atom is 0.337 e. The number of pyridine rings is 1. The number of carbonyl (C=O) groups is 2. The van der Waals surface area contributed by atoms with Crippen molar-refractivity contribution < 1.29 is 24.0 Å². The Morgan fingerprint density at radius 2 is 1.74 bits per heavy atom. The Kier molecular flexibility index (Phi) is 11.6. The summed E-state index contributed by atoms with van der Waals surface area (Å²) in [5.41, 5.74) is 6.25. The van der Waals surface area contributed by atoms with Crippen LogP contribution in [0.4, 0.5) is 5.69 Å². The van der Waals surface area contributed by atoms with E-state index in [1.165, 1.54) is 29.3 Å². The van der Waals surface area contributed by atoms with Crippen molar-refractivity contribution in [3.05, 3.63) is 134 Å². The molecule has 3 aromatic rings. The topological polar surface area (TPSA) is 133 Å². The van der Waals surface area contributed by atoms with E-state index in [2.05, 4.69) is 52.0 Å². The van der Waals surface area contributed by atoms with Crippen molar-refractivity contribution in [1.82, 2.24) is 15.6 Å². The third-order valence-electron chi connectivity index (χ3n) is 7.40. The van der Waals surface area contributed by atoms with Gasteiger partial charge >= 0.3 is 11.9 Å². The van der Waals surface area contributed by atoms with Crippen molar-refractivity contribution in [2.24, 2.45) is 0 Å². The summed E-state index contributed by atoms with van der Waals surface area (Å²) in [6.45, 7) is 10.0. The van der Waals surface area contributed by atoms with Gasteiger partial charge in [-0.25, -0.2) is 9.59 Å². The van der Waals surface area contributed by atoms with Gasteiger partial charge in [0.15, 0.2) is 0 Å². The molecule has 240 valence electrons. The van der Waals surface area contributed by atoms with E-state index in [0.29, 0.717) is 30.0 Å². The molecule has 0 spiro atoms. The van der Waals surface area contributed by atoms with Gasteiger partial charge in [0.25, 0.3) is 5.69 Å². The van der Waals surface area contributed by atoms with Gasteiger partial charge < -0.3 is 20.1 Å². The largest absolute Gasteiger partial charge is 0.461 e. The first kappa shape index (κ1) is 33.8. The van der Waals surface area contributed by atoms with E-state index in [9.17, 15) is 19.7 Å². The normalized spacial score (nSPS) is 15.1. The minimum Gasteiger partial charge on any atom is -0.461 e. The van der Waals surface area contributed by atoms with E-state index in [4.69, 9.17) is 9.47 Å². The number of non-ortho nitro benzene ring substituents is 1. The number of ether oxygens (including phenoxy) is 2. The maximum atomic E-state index is 13.5. The number of aromatic nitrogens is 1. The molecular weight excluding hydrogens is 584 g/mol. The molecule has 46 heavy (non-hydrogen) atoms. The van der Waals surface area contributed by atoms with Crippen molar-refractivity contribution >= 4 is 23.7 Å². The van der Waals surface area contributed by atoms with Crippen molar-refractivity contribution in [2.45, 2.75) is 53.1 Å². The molecule has 0 amide bonds. The van der Waals surface area contributed by atoms with Gasteiger partial charge in [-0.05, 0) is 69.4 Å². The van der Waals surface area contributed by atoms with Crippen molar-refractivity contribution in [2.75, 3.05) is 19.7 Å². The van der Waals surface area contributed by atoms with Crippen LogP contribution in [0.25, 0.3) is 6.08 Å². The summed E-state index contributed by atoms with van der Waals surface area (Å²) in [7, 11) is 0. The molecule has 2 aromatic carbocycles. The summed E-state index contributed by atoms with van der Waals surface area (Å²) in [6.07, 6.45) is 6.17. The van der Waals surface area contributed by atoms with Crippen LogP contribution in [-0.4, -0.2) is 47.6 Å². The Labute approximate surface area is 269 Å². The molecule has 10 heteroatoms. The number of esters is 2. The Morgan fingerprint density at radius 3 is 2.39 bits per heavy atom. The highest BCUT2D eigenvalue weighted by molar-refractivity contribution is 6.00. The minimum absolute atomic E-state index is 0.0854. The van der Waals surface area contributed by atoms with Gasteiger partial charge in [-0.2, -0.15) is 0 Å². The zero-order valence-corrected chi connectivity index (χ0v) is 26.8. The number of nitrogens with one attached hydrogen (secondary N) is 2. The molecule has 1 unspecified atom stereocenters. The third kappa shape index (κ3) is 8.98. The molecule has 0 saturated carbocycles. The highest BCUT2D eigenvalue weighted by Gasteiger charge is 2.38. The molecule has 0 aliphatic carbocycles. The SMILES string of the molecule is CC(=Cc1ccc(Cc2cccnc2)cc1)CNCCOC(=O)C1=C(C)NC(C)=C(C(=O)OC(C)C)C1c1cccc([N+](=O)[O-])c1. The molecule has 10 nitrogen and oxygen atoms in total. The highest BCUT2D eigenvalue weighted by Crippen LogP contribution is 2.40. The molecule has 0 radical (unpaired) electrons. The quantitative estimate of drug-likeness (QED) is 0.102. The van der Waals surface area contributed by atoms with Gasteiger partial charge in [-0.3, -0.25) is 15.1 Å². The highest BCUT2D eigenvalue weighted by atomic mass is 16.6. The summed E-state index contributed by atoms with van der Waals surface area (Å²) < 4.78 is 11.2. The molecular formula is C36H40N4O6. The number of hydrogen-bond donors (Lipinski definition) is 2. The van der Waals surface area contributed by atoms with E-state index in [1.54, 1.807) is 40.0 Å². The van der Waals surface area contributed by atoms with Crippen LogP contribution in [0.3, 0.4) is 0 Å². The average Bonchev–Trinajstić information content (AvgIpc) is 3.01. The zero-order chi connectivity index (χ0) is 33.2. The first-order valence-corrected chi connectivity index (χ1v) is 15.2. The third-order valence-corrected chi connectivity index (χ3v) is 7.40. The fourth-order valence-corrected chi connectivity index (χ4v) is 5.35. The van der Waals surface area contributed by atoms with E-state index in [1.807, 2.05) is 19.2 Å². The van der Waals surface area contributed by atoms with Gasteiger partial charge in [0.2, 0.25) is 0 Å². The lowest BCUT2D eigenvalue weighted by atomic mass is 9.80. The Hall–Kier alpha value is -5.09. The van der Waals surface area contributed by atoms with E-state index in [-0.39, 0.29) is 23.4 Å². The Balaban J connectivity index is 1.38. The van der Waals surface area contributed by atoms with Crippen LogP contribution in [-0.2, 0) is 25.5 Å². The molecule has 4 rings (SSSR count). The van der Waals surface area contributed by atoms with Crippen molar-refractivity contribution in [3.8, 4) is 0 Å². The van der Waals surface area contributed by atoms with Gasteiger partial charge in [0.05, 0.1) is 28.1 Å². The Morgan fingerprint density at radius 1 is 1.02 bits per heavy atom. The second-order valence-electron chi connectivity index (χ2n) is 11.5. The lowest BCUT2D eigenvalue weighted by molar-refractivity contribution is -0.384. The van der Waals surface area contributed by atoms with Crippen LogP contribution in [0.2, 0.25) is 0 Å². The number of nitro groups is 1. The molecule has 0 fully saturated rings. The van der Waals surface area contributed by atoms with Crippen LogP contribution < -0.4 is 10.6 Å². The molecule has 1 aromatic heterocycles. The number of hydrogen-bond acceptors (Lipinski definition) is 9. The predicted octanol–water partition coefficient (Wildman–Crippen LogP) is 6.00. The van der Waals surface area contributed by atoms with Crippen LogP contribution in [0.5, 0.6) is 0 Å². The van der Waals surface area contributed by atoms with Crippen LogP contribution in [0, 0.1) is 10.1 Å². The number of benzene rings is 2. The smallest absolute Gasteiger partial charge is 0.337 e. The number of nitrogens with zero attached hydrogens (tertiary/aromatic N) is 2. The molecule has 1 atom stereocenters. The summed E-state index contributed by atoms with van der Waals surface area (Å²) in [5, 5.41) is 17.9. The average molecular weight is 625 g/mol. The van der Waals surface area contributed by atoms with E-state index >= 15 is 0 Å². The molecule has 2 N–H and O–H groups in total. The number of allylic oxidation sites excluding steroid dienone is 2. The van der Waals surface area contributed by atoms with Gasteiger partial charge in [-0.1, -0.05) is 54.1 Å². The summed E-state index contributed by atoms with van der Waals surface area (Å²) in [4.78, 5) is 42.0. The number of carbonyl (C=O) groups excluding carboxylic acids is 2. The first-order valence-electron chi connectivity index (χ1n) is 15.2. The first-order chi connectivity index (χ1) is 22.0. The lowest BCUT2D eigenvalue weighted by Gasteiger charge is -2.30. The van der Waals surface area contributed by atoms with E-state index in [0.717, 1.165) is 17.6 Å². The van der Waals surface area contributed by atoms with Crippen LogP contribution in [0.15, 0.2) is 101 Å². The standard InChI is InChI=1S/C36H40N4O6/c1-23(2)46-36(42)33-26(5)39-25(4)32(34(33)30-9-6-10-31(20-30)40(43)44)35(41)45-17-16-38-21-24(3)18-27-11-13-28(14-12-27)19-29-8-7-15-37-22-29/h6-15,18,20,22-23,34,38-39H,16-17,19,21H2,1-5H3. The maximum absolute atomic E-state index is 13.5.